The van der Waals surface area contributed by atoms with E-state index in [2.05, 4.69) is 10.1 Å². The summed E-state index contributed by atoms with van der Waals surface area (Å²) in [5.74, 6) is 0.439. The molecule has 0 aromatic heterocycles. The number of carbonyl (C=O) groups is 1. The van der Waals surface area contributed by atoms with E-state index in [1.807, 2.05) is 24.3 Å². The largest absolute Gasteiger partial charge is 0.496 e. The summed E-state index contributed by atoms with van der Waals surface area (Å²) in [6.07, 6.45) is 2.88. The Balaban J connectivity index is 2.48. The molecule has 1 rings (SSSR count). The van der Waals surface area contributed by atoms with E-state index < -0.39 is 0 Å². The molecule has 0 aliphatic heterocycles. The van der Waals surface area contributed by atoms with Gasteiger partial charge in [0.1, 0.15) is 5.75 Å². The normalized spacial score (nSPS) is 10.1. The third-order valence-corrected chi connectivity index (χ3v) is 2.02. The van der Waals surface area contributed by atoms with Crippen LogP contribution in [0, 0.1) is 0 Å². The highest BCUT2D eigenvalue weighted by Crippen LogP contribution is 2.16. The van der Waals surface area contributed by atoms with Crippen molar-refractivity contribution in [2.75, 3.05) is 14.2 Å². The van der Waals surface area contributed by atoms with E-state index in [4.69, 9.17) is 4.74 Å². The lowest BCUT2D eigenvalue weighted by Crippen LogP contribution is -2.07. The van der Waals surface area contributed by atoms with Crippen molar-refractivity contribution < 1.29 is 14.3 Å². The summed E-state index contributed by atoms with van der Waals surface area (Å²) < 4.78 is 9.65. The van der Waals surface area contributed by atoms with Crippen molar-refractivity contribution in [3.63, 3.8) is 0 Å². The molecule has 0 saturated carbocycles. The second-order valence-corrected chi connectivity index (χ2v) is 3.05. The summed E-state index contributed by atoms with van der Waals surface area (Å²) in [5, 5.41) is 2.98. The van der Waals surface area contributed by atoms with Gasteiger partial charge in [0.25, 0.3) is 0 Å². The SMILES string of the molecule is COC(=O)/C=C/NCc1ccccc1OC. The first kappa shape index (κ1) is 12.1. The molecule has 1 N–H and O–H groups in total. The molecule has 0 amide bonds. The molecule has 86 valence electrons. The van der Waals surface area contributed by atoms with Gasteiger partial charge in [-0.3, -0.25) is 0 Å². The van der Waals surface area contributed by atoms with E-state index in [-0.39, 0.29) is 5.97 Å². The predicted molar refractivity (Wildman–Crippen MR) is 61.0 cm³/mol. The topological polar surface area (TPSA) is 47.6 Å². The summed E-state index contributed by atoms with van der Waals surface area (Å²) in [5.41, 5.74) is 1.03. The Morgan fingerprint density at radius 1 is 1.38 bits per heavy atom. The van der Waals surface area contributed by atoms with Crippen LogP contribution in [0.2, 0.25) is 0 Å². The van der Waals surface area contributed by atoms with E-state index >= 15 is 0 Å². The number of hydrogen-bond donors (Lipinski definition) is 1. The van der Waals surface area contributed by atoms with Crippen molar-refractivity contribution in [2.24, 2.45) is 0 Å². The maximum Gasteiger partial charge on any atom is 0.331 e. The summed E-state index contributed by atoms with van der Waals surface area (Å²) in [7, 11) is 2.97. The number of methoxy groups -OCH3 is 2. The Bertz CT molecular complexity index is 374. The van der Waals surface area contributed by atoms with E-state index in [9.17, 15) is 4.79 Å². The van der Waals surface area contributed by atoms with Gasteiger partial charge in [-0.1, -0.05) is 18.2 Å². The van der Waals surface area contributed by atoms with E-state index in [0.717, 1.165) is 11.3 Å². The molecule has 0 unspecified atom stereocenters. The van der Waals surface area contributed by atoms with Crippen molar-refractivity contribution in [3.05, 3.63) is 42.1 Å². The molecule has 16 heavy (non-hydrogen) atoms. The minimum atomic E-state index is -0.382. The van der Waals surface area contributed by atoms with Crippen molar-refractivity contribution in [2.45, 2.75) is 6.54 Å². The highest BCUT2D eigenvalue weighted by molar-refractivity contribution is 5.81. The van der Waals surface area contributed by atoms with Gasteiger partial charge >= 0.3 is 5.97 Å². The van der Waals surface area contributed by atoms with Gasteiger partial charge in [-0.2, -0.15) is 0 Å². The zero-order chi connectivity index (χ0) is 11.8. The van der Waals surface area contributed by atoms with Gasteiger partial charge in [-0.05, 0) is 6.07 Å². The van der Waals surface area contributed by atoms with Crippen LogP contribution in [0.3, 0.4) is 0 Å². The molecule has 4 nitrogen and oxygen atoms in total. The van der Waals surface area contributed by atoms with Crippen LogP contribution in [0.25, 0.3) is 0 Å². The number of esters is 1. The summed E-state index contributed by atoms with van der Waals surface area (Å²) in [4.78, 5) is 10.8. The Kier molecular flexibility index (Phi) is 4.92. The Labute approximate surface area is 94.9 Å². The molecule has 0 aliphatic rings. The van der Waals surface area contributed by atoms with E-state index in [1.165, 1.54) is 13.2 Å². The first-order chi connectivity index (χ1) is 7.77. The lowest BCUT2D eigenvalue weighted by Gasteiger charge is -2.07. The number of para-hydroxylation sites is 1. The maximum atomic E-state index is 10.8. The fraction of sp³-hybridized carbons (Fsp3) is 0.250. The Hall–Kier alpha value is -1.97. The quantitative estimate of drug-likeness (QED) is 0.604. The van der Waals surface area contributed by atoms with Crippen LogP contribution >= 0.6 is 0 Å². The third-order valence-electron chi connectivity index (χ3n) is 2.02. The first-order valence-electron chi connectivity index (χ1n) is 4.87. The van der Waals surface area contributed by atoms with Gasteiger partial charge < -0.3 is 14.8 Å². The average Bonchev–Trinajstić information content (AvgIpc) is 2.34. The van der Waals surface area contributed by atoms with Crippen LogP contribution < -0.4 is 10.1 Å². The molecule has 0 spiro atoms. The zero-order valence-corrected chi connectivity index (χ0v) is 9.40. The van der Waals surface area contributed by atoms with Gasteiger partial charge in [0.05, 0.1) is 14.2 Å². The molecular weight excluding hydrogens is 206 g/mol. The summed E-state index contributed by atoms with van der Waals surface area (Å²) >= 11 is 0. The first-order valence-corrected chi connectivity index (χ1v) is 4.87. The molecule has 0 bridgehead atoms. The molecule has 0 heterocycles. The highest BCUT2D eigenvalue weighted by Gasteiger charge is 1.99. The highest BCUT2D eigenvalue weighted by atomic mass is 16.5. The minimum Gasteiger partial charge on any atom is -0.496 e. The number of carbonyl (C=O) groups excluding carboxylic acids is 1. The van der Waals surface area contributed by atoms with Crippen molar-refractivity contribution in [1.29, 1.82) is 0 Å². The number of ether oxygens (including phenoxy) is 2. The molecule has 0 aliphatic carbocycles. The van der Waals surface area contributed by atoms with Gasteiger partial charge in [0.15, 0.2) is 0 Å². The molecule has 0 saturated heterocycles. The molecular formula is C12H15NO3. The van der Waals surface area contributed by atoms with Crippen molar-refractivity contribution in [1.82, 2.24) is 5.32 Å². The van der Waals surface area contributed by atoms with Crippen LogP contribution in [0.15, 0.2) is 36.5 Å². The second-order valence-electron chi connectivity index (χ2n) is 3.05. The standard InChI is InChI=1S/C12H15NO3/c1-15-11-6-4-3-5-10(11)9-13-8-7-12(14)16-2/h3-8,13H,9H2,1-2H3/b8-7+. The fourth-order valence-corrected chi connectivity index (χ4v) is 1.21. The average molecular weight is 221 g/mol. The second kappa shape index (κ2) is 6.50. The van der Waals surface area contributed by atoms with Gasteiger partial charge in [-0.15, -0.1) is 0 Å². The molecule has 4 heteroatoms. The molecule has 0 fully saturated rings. The lowest BCUT2D eigenvalue weighted by atomic mass is 10.2. The Morgan fingerprint density at radius 2 is 2.12 bits per heavy atom. The minimum absolute atomic E-state index is 0.382. The van der Waals surface area contributed by atoms with Crippen LogP contribution in [-0.4, -0.2) is 20.2 Å². The number of hydrogen-bond acceptors (Lipinski definition) is 4. The van der Waals surface area contributed by atoms with Crippen molar-refractivity contribution >= 4 is 5.97 Å². The lowest BCUT2D eigenvalue weighted by molar-refractivity contribution is -0.134. The number of rotatable bonds is 5. The van der Waals surface area contributed by atoms with E-state index in [1.54, 1.807) is 13.3 Å². The Morgan fingerprint density at radius 3 is 2.81 bits per heavy atom. The monoisotopic (exact) mass is 221 g/mol. The van der Waals surface area contributed by atoms with E-state index in [0.29, 0.717) is 6.54 Å². The van der Waals surface area contributed by atoms with Crippen molar-refractivity contribution in [3.8, 4) is 5.75 Å². The zero-order valence-electron chi connectivity index (χ0n) is 9.40. The summed E-state index contributed by atoms with van der Waals surface area (Å²) in [6.45, 7) is 0.595. The molecule has 1 aromatic rings. The molecule has 0 atom stereocenters. The van der Waals surface area contributed by atoms with Crippen LogP contribution in [-0.2, 0) is 16.1 Å². The molecule has 1 aromatic carbocycles. The molecule has 0 radical (unpaired) electrons. The van der Waals surface area contributed by atoms with Crippen LogP contribution in [0.1, 0.15) is 5.56 Å². The van der Waals surface area contributed by atoms with Gasteiger partial charge in [-0.25, -0.2) is 4.79 Å². The third kappa shape index (κ3) is 3.65. The van der Waals surface area contributed by atoms with Crippen LogP contribution in [0.4, 0.5) is 0 Å². The predicted octanol–water partition coefficient (Wildman–Crippen LogP) is 1.47. The summed E-state index contributed by atoms with van der Waals surface area (Å²) in [6, 6.07) is 7.69. The fourth-order valence-electron chi connectivity index (χ4n) is 1.21. The number of nitrogens with one attached hydrogen (secondary N) is 1. The number of benzene rings is 1. The maximum absolute atomic E-state index is 10.8. The van der Waals surface area contributed by atoms with Gasteiger partial charge in [0.2, 0.25) is 0 Å². The van der Waals surface area contributed by atoms with Gasteiger partial charge in [0, 0.05) is 24.4 Å². The smallest absolute Gasteiger partial charge is 0.331 e. The van der Waals surface area contributed by atoms with Crippen LogP contribution in [0.5, 0.6) is 5.75 Å².